The maximum atomic E-state index is 12.4. The van der Waals surface area contributed by atoms with Gasteiger partial charge < -0.3 is 10.2 Å². The van der Waals surface area contributed by atoms with E-state index in [1.165, 1.54) is 0 Å². The molecule has 3 nitrogen and oxygen atoms in total. The number of anilines is 2. The molecule has 0 saturated heterocycles. The third-order valence-electron chi connectivity index (χ3n) is 3.76. The standard InChI is InChI=1S/C18H20Cl2N2O/c1-4-22(5-2)14-7-9-17(12(3)10-14)21-18(23)15-8-6-13(19)11-16(15)20/h6-11H,4-5H2,1-3H3,(H,21,23). The Kier molecular flexibility index (Phi) is 5.91. The lowest BCUT2D eigenvalue weighted by Gasteiger charge is -2.22. The summed E-state index contributed by atoms with van der Waals surface area (Å²) in [5, 5.41) is 3.75. The normalized spacial score (nSPS) is 10.5. The molecule has 0 aliphatic heterocycles. The molecule has 0 aliphatic carbocycles. The number of carbonyl (C=O) groups is 1. The first-order valence-electron chi connectivity index (χ1n) is 7.58. The fraction of sp³-hybridized carbons (Fsp3) is 0.278. The molecule has 0 spiro atoms. The van der Waals surface area contributed by atoms with Gasteiger partial charge in [-0.2, -0.15) is 0 Å². The molecular formula is C18H20Cl2N2O. The zero-order valence-electron chi connectivity index (χ0n) is 13.5. The first kappa shape index (κ1) is 17.6. The smallest absolute Gasteiger partial charge is 0.257 e. The monoisotopic (exact) mass is 350 g/mol. The highest BCUT2D eigenvalue weighted by atomic mass is 35.5. The number of rotatable bonds is 5. The third-order valence-corrected chi connectivity index (χ3v) is 4.31. The molecule has 5 heteroatoms. The third kappa shape index (κ3) is 4.18. The van der Waals surface area contributed by atoms with Gasteiger partial charge in [0.2, 0.25) is 0 Å². The molecule has 0 aliphatic rings. The molecular weight excluding hydrogens is 331 g/mol. The molecule has 0 bridgehead atoms. The molecule has 0 atom stereocenters. The fourth-order valence-electron chi connectivity index (χ4n) is 2.44. The van der Waals surface area contributed by atoms with Gasteiger partial charge in [-0.05, 0) is 62.7 Å². The Balaban J connectivity index is 2.21. The summed E-state index contributed by atoms with van der Waals surface area (Å²) in [4.78, 5) is 14.6. The molecule has 1 N–H and O–H groups in total. The van der Waals surface area contributed by atoms with E-state index in [9.17, 15) is 4.79 Å². The Morgan fingerprint density at radius 3 is 2.35 bits per heavy atom. The van der Waals surface area contributed by atoms with Crippen molar-refractivity contribution in [3.05, 3.63) is 57.6 Å². The predicted molar refractivity (Wildman–Crippen MR) is 99.2 cm³/mol. The van der Waals surface area contributed by atoms with Gasteiger partial charge in [-0.25, -0.2) is 0 Å². The van der Waals surface area contributed by atoms with Crippen LogP contribution in [0.25, 0.3) is 0 Å². The van der Waals surface area contributed by atoms with Crippen molar-refractivity contribution < 1.29 is 4.79 Å². The Morgan fingerprint density at radius 2 is 1.78 bits per heavy atom. The summed E-state index contributed by atoms with van der Waals surface area (Å²) in [5.41, 5.74) is 3.34. The summed E-state index contributed by atoms with van der Waals surface area (Å²) in [7, 11) is 0. The van der Waals surface area contributed by atoms with E-state index in [-0.39, 0.29) is 5.91 Å². The second-order valence-electron chi connectivity index (χ2n) is 5.25. The summed E-state index contributed by atoms with van der Waals surface area (Å²) in [5.74, 6) is -0.245. The van der Waals surface area contributed by atoms with Crippen LogP contribution in [0.2, 0.25) is 10.0 Å². The van der Waals surface area contributed by atoms with Crippen LogP contribution < -0.4 is 10.2 Å². The van der Waals surface area contributed by atoms with E-state index in [0.717, 1.165) is 30.0 Å². The minimum Gasteiger partial charge on any atom is -0.372 e. The second-order valence-corrected chi connectivity index (χ2v) is 6.09. The second kappa shape index (κ2) is 7.71. The van der Waals surface area contributed by atoms with Crippen LogP contribution in [0.15, 0.2) is 36.4 Å². The molecule has 2 aromatic carbocycles. The van der Waals surface area contributed by atoms with E-state index in [0.29, 0.717) is 15.6 Å². The molecule has 2 rings (SSSR count). The molecule has 0 fully saturated rings. The van der Waals surface area contributed by atoms with E-state index in [1.807, 2.05) is 19.1 Å². The van der Waals surface area contributed by atoms with Crippen molar-refractivity contribution in [1.29, 1.82) is 0 Å². The first-order valence-corrected chi connectivity index (χ1v) is 8.33. The summed E-state index contributed by atoms with van der Waals surface area (Å²) in [6.45, 7) is 8.12. The number of nitrogens with zero attached hydrogens (tertiary/aromatic N) is 1. The van der Waals surface area contributed by atoms with Crippen LogP contribution in [0.1, 0.15) is 29.8 Å². The number of aryl methyl sites for hydroxylation is 1. The Hall–Kier alpha value is -1.71. The number of nitrogens with one attached hydrogen (secondary N) is 1. The lowest BCUT2D eigenvalue weighted by molar-refractivity contribution is 0.102. The molecule has 0 radical (unpaired) electrons. The van der Waals surface area contributed by atoms with Crippen molar-refractivity contribution in [3.8, 4) is 0 Å². The van der Waals surface area contributed by atoms with E-state index < -0.39 is 0 Å². The fourth-order valence-corrected chi connectivity index (χ4v) is 2.93. The highest BCUT2D eigenvalue weighted by Gasteiger charge is 2.13. The number of benzene rings is 2. The summed E-state index contributed by atoms with van der Waals surface area (Å²) in [6.07, 6.45) is 0. The highest BCUT2D eigenvalue weighted by Crippen LogP contribution is 2.25. The molecule has 0 unspecified atom stereocenters. The van der Waals surface area contributed by atoms with Crippen LogP contribution in [-0.2, 0) is 0 Å². The van der Waals surface area contributed by atoms with Crippen LogP contribution in [0.3, 0.4) is 0 Å². The molecule has 1 amide bonds. The topological polar surface area (TPSA) is 32.3 Å². The van der Waals surface area contributed by atoms with Gasteiger partial charge in [0, 0.05) is 29.5 Å². The van der Waals surface area contributed by atoms with Crippen molar-refractivity contribution in [2.75, 3.05) is 23.3 Å². The van der Waals surface area contributed by atoms with Crippen LogP contribution in [0, 0.1) is 6.92 Å². The van der Waals surface area contributed by atoms with Crippen molar-refractivity contribution in [1.82, 2.24) is 0 Å². The number of hydrogen-bond donors (Lipinski definition) is 1. The van der Waals surface area contributed by atoms with Crippen LogP contribution in [0.5, 0.6) is 0 Å². The number of halogens is 2. The lowest BCUT2D eigenvalue weighted by Crippen LogP contribution is -2.22. The van der Waals surface area contributed by atoms with Gasteiger partial charge in [-0.15, -0.1) is 0 Å². The molecule has 122 valence electrons. The van der Waals surface area contributed by atoms with Gasteiger partial charge in [0.25, 0.3) is 5.91 Å². The average molecular weight is 351 g/mol. The lowest BCUT2D eigenvalue weighted by atomic mass is 10.1. The van der Waals surface area contributed by atoms with Crippen LogP contribution in [0.4, 0.5) is 11.4 Å². The molecule has 0 aromatic heterocycles. The largest absolute Gasteiger partial charge is 0.372 e. The van der Waals surface area contributed by atoms with Gasteiger partial charge in [0.15, 0.2) is 0 Å². The first-order chi connectivity index (χ1) is 11.0. The summed E-state index contributed by atoms with van der Waals surface area (Å²) >= 11 is 11.9. The van der Waals surface area contributed by atoms with Gasteiger partial charge in [0.05, 0.1) is 10.6 Å². The van der Waals surface area contributed by atoms with Gasteiger partial charge in [0.1, 0.15) is 0 Å². The Labute approximate surface area is 147 Å². The molecule has 0 saturated carbocycles. The Bertz CT molecular complexity index is 712. The SMILES string of the molecule is CCN(CC)c1ccc(NC(=O)c2ccc(Cl)cc2Cl)c(C)c1. The van der Waals surface area contributed by atoms with Crippen molar-refractivity contribution in [2.45, 2.75) is 20.8 Å². The summed E-state index contributed by atoms with van der Waals surface area (Å²) < 4.78 is 0. The van der Waals surface area contributed by atoms with Crippen LogP contribution >= 0.6 is 23.2 Å². The van der Waals surface area contributed by atoms with Gasteiger partial charge in [-0.3, -0.25) is 4.79 Å². The molecule has 23 heavy (non-hydrogen) atoms. The summed E-state index contributed by atoms with van der Waals surface area (Å²) in [6, 6.07) is 10.8. The predicted octanol–water partition coefficient (Wildman–Crippen LogP) is 5.40. The maximum Gasteiger partial charge on any atom is 0.257 e. The molecule has 2 aromatic rings. The van der Waals surface area contributed by atoms with Crippen LogP contribution in [-0.4, -0.2) is 19.0 Å². The minimum absolute atomic E-state index is 0.245. The Morgan fingerprint density at radius 1 is 1.09 bits per heavy atom. The van der Waals surface area contributed by atoms with E-state index in [1.54, 1.807) is 18.2 Å². The van der Waals surface area contributed by atoms with Crippen molar-refractivity contribution in [2.24, 2.45) is 0 Å². The van der Waals surface area contributed by atoms with Gasteiger partial charge in [-0.1, -0.05) is 23.2 Å². The van der Waals surface area contributed by atoms with E-state index in [2.05, 4.69) is 30.1 Å². The highest BCUT2D eigenvalue weighted by molar-refractivity contribution is 6.37. The zero-order chi connectivity index (χ0) is 17.0. The molecule has 0 heterocycles. The van der Waals surface area contributed by atoms with E-state index in [4.69, 9.17) is 23.2 Å². The number of carbonyl (C=O) groups excluding carboxylic acids is 1. The number of hydrogen-bond acceptors (Lipinski definition) is 2. The average Bonchev–Trinajstić information content (AvgIpc) is 2.51. The van der Waals surface area contributed by atoms with Gasteiger partial charge >= 0.3 is 0 Å². The van der Waals surface area contributed by atoms with Crippen molar-refractivity contribution >= 4 is 40.5 Å². The quantitative estimate of drug-likeness (QED) is 0.782. The minimum atomic E-state index is -0.245. The zero-order valence-corrected chi connectivity index (χ0v) is 15.0. The maximum absolute atomic E-state index is 12.4. The number of amides is 1. The van der Waals surface area contributed by atoms with Crippen molar-refractivity contribution in [3.63, 3.8) is 0 Å². The van der Waals surface area contributed by atoms with E-state index >= 15 is 0 Å².